The van der Waals surface area contributed by atoms with Crippen molar-refractivity contribution in [3.05, 3.63) is 69.1 Å². The highest BCUT2D eigenvalue weighted by molar-refractivity contribution is 6.43. The Labute approximate surface area is 185 Å². The second-order valence-corrected chi connectivity index (χ2v) is 8.11. The van der Waals surface area contributed by atoms with Crippen molar-refractivity contribution in [1.29, 1.82) is 0 Å². The molecule has 0 atom stereocenters. The van der Waals surface area contributed by atoms with Crippen LogP contribution in [0.4, 0.5) is 5.69 Å². The van der Waals surface area contributed by atoms with Gasteiger partial charge in [0.1, 0.15) is 6.61 Å². The molecule has 8 heteroatoms. The molecule has 0 bridgehead atoms. The van der Waals surface area contributed by atoms with E-state index in [1.165, 1.54) is 10.8 Å². The average Bonchev–Trinajstić information content (AvgIpc) is 2.77. The molecule has 2 aromatic heterocycles. The lowest BCUT2D eigenvalue weighted by Gasteiger charge is -2.36. The van der Waals surface area contributed by atoms with Gasteiger partial charge >= 0.3 is 0 Å². The Morgan fingerprint density at radius 2 is 1.80 bits per heavy atom. The number of benzene rings is 1. The fourth-order valence-corrected chi connectivity index (χ4v) is 4.12. The standard InChI is InChI=1S/C22H24Cl2N4O2/c23-18-6-3-7-19(21(18)24)27-14-12-26(13-15-27)11-1-2-16-30-28-20(29)9-8-17-5-4-10-25-22(17)28/h3-10H,1-2,11-16H2. The topological polar surface area (TPSA) is 50.6 Å². The van der Waals surface area contributed by atoms with E-state index in [0.29, 0.717) is 22.3 Å². The number of unbranched alkanes of at least 4 members (excludes halogenated alkanes) is 1. The van der Waals surface area contributed by atoms with Gasteiger partial charge in [-0.15, -0.1) is 4.73 Å². The molecule has 0 N–H and O–H groups in total. The number of nitrogens with zero attached hydrogens (tertiary/aromatic N) is 4. The summed E-state index contributed by atoms with van der Waals surface area (Å²) in [5, 5.41) is 2.11. The van der Waals surface area contributed by atoms with E-state index >= 15 is 0 Å². The minimum Gasteiger partial charge on any atom is -0.409 e. The number of anilines is 1. The normalized spacial score (nSPS) is 14.9. The van der Waals surface area contributed by atoms with Crippen LogP contribution in [-0.4, -0.2) is 53.9 Å². The monoisotopic (exact) mass is 446 g/mol. The van der Waals surface area contributed by atoms with Crippen molar-refractivity contribution in [1.82, 2.24) is 14.6 Å². The number of rotatable bonds is 7. The first-order valence-electron chi connectivity index (χ1n) is 10.1. The second kappa shape index (κ2) is 9.69. The lowest BCUT2D eigenvalue weighted by Crippen LogP contribution is -2.46. The van der Waals surface area contributed by atoms with Gasteiger partial charge < -0.3 is 9.74 Å². The van der Waals surface area contributed by atoms with Crippen LogP contribution in [0, 0.1) is 0 Å². The van der Waals surface area contributed by atoms with Crippen LogP contribution in [0.1, 0.15) is 12.8 Å². The zero-order valence-corrected chi connectivity index (χ0v) is 18.1. The highest BCUT2D eigenvalue weighted by Gasteiger charge is 2.19. The van der Waals surface area contributed by atoms with Gasteiger partial charge in [0.2, 0.25) is 0 Å². The van der Waals surface area contributed by atoms with E-state index in [4.69, 9.17) is 28.0 Å². The molecule has 1 aromatic carbocycles. The summed E-state index contributed by atoms with van der Waals surface area (Å²) in [6.07, 6.45) is 3.54. The van der Waals surface area contributed by atoms with Gasteiger partial charge in [0, 0.05) is 43.8 Å². The van der Waals surface area contributed by atoms with Gasteiger partial charge in [-0.05, 0) is 49.7 Å². The van der Waals surface area contributed by atoms with Crippen molar-refractivity contribution in [3.8, 4) is 0 Å². The molecule has 1 fully saturated rings. The zero-order valence-electron chi connectivity index (χ0n) is 16.6. The predicted octanol–water partition coefficient (Wildman–Crippen LogP) is 3.73. The molecule has 3 aromatic rings. The average molecular weight is 447 g/mol. The number of pyridine rings is 2. The third kappa shape index (κ3) is 4.72. The zero-order chi connectivity index (χ0) is 20.9. The van der Waals surface area contributed by atoms with Crippen LogP contribution in [-0.2, 0) is 0 Å². The molecule has 0 spiro atoms. The summed E-state index contributed by atoms with van der Waals surface area (Å²) in [7, 11) is 0. The van der Waals surface area contributed by atoms with E-state index in [9.17, 15) is 4.79 Å². The Hall–Kier alpha value is -2.28. The maximum atomic E-state index is 12.1. The molecule has 158 valence electrons. The number of aromatic nitrogens is 2. The fourth-order valence-electron chi connectivity index (χ4n) is 3.71. The lowest BCUT2D eigenvalue weighted by molar-refractivity contribution is 0.105. The minimum absolute atomic E-state index is 0.197. The summed E-state index contributed by atoms with van der Waals surface area (Å²) in [5.41, 5.74) is 1.36. The van der Waals surface area contributed by atoms with Crippen LogP contribution >= 0.6 is 23.2 Å². The summed E-state index contributed by atoms with van der Waals surface area (Å²) in [6, 6.07) is 12.8. The number of piperazine rings is 1. The van der Waals surface area contributed by atoms with Crippen LogP contribution in [0.15, 0.2) is 53.5 Å². The molecule has 4 rings (SSSR count). The first-order chi connectivity index (χ1) is 14.6. The molecular weight excluding hydrogens is 423 g/mol. The predicted molar refractivity (Wildman–Crippen MR) is 122 cm³/mol. The Morgan fingerprint density at radius 1 is 0.967 bits per heavy atom. The summed E-state index contributed by atoms with van der Waals surface area (Å²) in [5.74, 6) is 0. The third-order valence-corrected chi connectivity index (χ3v) is 6.16. The van der Waals surface area contributed by atoms with Gasteiger partial charge in [0.15, 0.2) is 5.65 Å². The van der Waals surface area contributed by atoms with Gasteiger partial charge in [0.25, 0.3) is 5.56 Å². The maximum absolute atomic E-state index is 12.1. The van der Waals surface area contributed by atoms with Crippen LogP contribution in [0.2, 0.25) is 10.0 Å². The Morgan fingerprint density at radius 3 is 2.63 bits per heavy atom. The number of fused-ring (bicyclic) bond motifs is 1. The Balaban J connectivity index is 1.22. The molecule has 1 aliphatic heterocycles. The Bertz CT molecular complexity index is 1060. The molecular formula is C22H24Cl2N4O2. The molecule has 0 unspecified atom stereocenters. The van der Waals surface area contributed by atoms with Gasteiger partial charge in [-0.25, -0.2) is 4.98 Å². The maximum Gasteiger partial charge on any atom is 0.285 e. The van der Waals surface area contributed by atoms with Crippen LogP contribution in [0.3, 0.4) is 0 Å². The van der Waals surface area contributed by atoms with Crippen LogP contribution < -0.4 is 15.3 Å². The minimum atomic E-state index is -0.197. The van der Waals surface area contributed by atoms with Gasteiger partial charge in [0.05, 0.1) is 15.7 Å². The second-order valence-electron chi connectivity index (χ2n) is 7.32. The number of hydrogen-bond acceptors (Lipinski definition) is 5. The third-order valence-electron chi connectivity index (χ3n) is 5.35. The summed E-state index contributed by atoms with van der Waals surface area (Å²) >= 11 is 12.5. The van der Waals surface area contributed by atoms with Gasteiger partial charge in [-0.2, -0.15) is 0 Å². The van der Waals surface area contributed by atoms with E-state index in [-0.39, 0.29) is 5.56 Å². The Kier molecular flexibility index (Phi) is 6.77. The van der Waals surface area contributed by atoms with E-state index in [2.05, 4.69) is 14.8 Å². The first kappa shape index (κ1) is 21.0. The molecule has 6 nitrogen and oxygen atoms in total. The molecule has 3 heterocycles. The molecule has 0 amide bonds. The summed E-state index contributed by atoms with van der Waals surface area (Å²) < 4.78 is 1.29. The van der Waals surface area contributed by atoms with E-state index in [0.717, 1.165) is 56.6 Å². The van der Waals surface area contributed by atoms with Crippen molar-refractivity contribution < 1.29 is 4.84 Å². The molecule has 0 radical (unpaired) electrons. The lowest BCUT2D eigenvalue weighted by atomic mass is 10.2. The number of halogens is 2. The highest BCUT2D eigenvalue weighted by atomic mass is 35.5. The quantitative estimate of drug-likeness (QED) is 0.517. The van der Waals surface area contributed by atoms with Gasteiger partial charge in [-0.3, -0.25) is 9.69 Å². The SMILES string of the molecule is O=c1ccc2cccnc2n1OCCCCN1CCN(c2cccc(Cl)c2Cl)CC1. The van der Waals surface area contributed by atoms with Gasteiger partial charge in [-0.1, -0.05) is 29.3 Å². The van der Waals surface area contributed by atoms with Crippen molar-refractivity contribution in [3.63, 3.8) is 0 Å². The molecule has 0 aliphatic carbocycles. The fraction of sp³-hybridized carbons (Fsp3) is 0.364. The molecule has 1 aliphatic rings. The smallest absolute Gasteiger partial charge is 0.285 e. The van der Waals surface area contributed by atoms with Crippen LogP contribution in [0.25, 0.3) is 11.0 Å². The summed E-state index contributed by atoms with van der Waals surface area (Å²) in [4.78, 5) is 26.8. The van der Waals surface area contributed by atoms with Crippen molar-refractivity contribution in [2.75, 3.05) is 44.2 Å². The van der Waals surface area contributed by atoms with Crippen molar-refractivity contribution in [2.24, 2.45) is 0 Å². The number of hydrogen-bond donors (Lipinski definition) is 0. The highest BCUT2D eigenvalue weighted by Crippen LogP contribution is 2.32. The van der Waals surface area contributed by atoms with E-state index < -0.39 is 0 Å². The van der Waals surface area contributed by atoms with Crippen molar-refractivity contribution in [2.45, 2.75) is 12.8 Å². The molecule has 30 heavy (non-hydrogen) atoms. The first-order valence-corrected chi connectivity index (χ1v) is 10.9. The largest absolute Gasteiger partial charge is 0.409 e. The van der Waals surface area contributed by atoms with Crippen LogP contribution in [0.5, 0.6) is 0 Å². The summed E-state index contributed by atoms with van der Waals surface area (Å²) in [6.45, 7) is 5.30. The molecule has 0 saturated carbocycles. The van der Waals surface area contributed by atoms with E-state index in [1.807, 2.05) is 30.3 Å². The molecule has 1 saturated heterocycles. The van der Waals surface area contributed by atoms with Crippen molar-refractivity contribution >= 4 is 39.9 Å². The van der Waals surface area contributed by atoms with E-state index in [1.54, 1.807) is 12.3 Å².